The zero-order valence-corrected chi connectivity index (χ0v) is 12.7. The Kier molecular flexibility index (Phi) is 3.94. The number of benzene rings is 1. The third-order valence-corrected chi connectivity index (χ3v) is 5.15. The molecule has 0 radical (unpaired) electrons. The van der Waals surface area contributed by atoms with E-state index in [0.29, 0.717) is 12.8 Å². The number of rotatable bonds is 2. The molecule has 0 saturated carbocycles. The number of ether oxygens (including phenoxy) is 3. The molecule has 4 rings (SSSR count). The van der Waals surface area contributed by atoms with Gasteiger partial charge < -0.3 is 19.3 Å². The minimum atomic E-state index is -0.322. The SMILES string of the molecule is O[C@@H]1CN(C2CCOCC2)CC[C@H]1c1ccc2c(c1)OCO2. The fourth-order valence-electron chi connectivity index (χ4n) is 3.87. The van der Waals surface area contributed by atoms with Crippen LogP contribution >= 0.6 is 0 Å². The molecule has 120 valence electrons. The van der Waals surface area contributed by atoms with Crippen molar-refractivity contribution in [3.63, 3.8) is 0 Å². The molecule has 3 aliphatic heterocycles. The zero-order valence-electron chi connectivity index (χ0n) is 12.7. The Balaban J connectivity index is 1.44. The number of aliphatic hydroxyl groups excluding tert-OH is 1. The molecule has 2 atom stereocenters. The van der Waals surface area contributed by atoms with Gasteiger partial charge in [0.2, 0.25) is 6.79 Å². The summed E-state index contributed by atoms with van der Waals surface area (Å²) in [6, 6.07) is 6.61. The Bertz CT molecular complexity index is 529. The van der Waals surface area contributed by atoms with Crippen molar-refractivity contribution in [1.29, 1.82) is 0 Å². The Labute approximate surface area is 130 Å². The maximum Gasteiger partial charge on any atom is 0.231 e. The normalized spacial score (nSPS) is 29.7. The number of likely N-dealkylation sites (tertiary alicyclic amines) is 1. The van der Waals surface area contributed by atoms with E-state index >= 15 is 0 Å². The fourth-order valence-corrected chi connectivity index (χ4v) is 3.87. The number of aliphatic hydroxyl groups is 1. The van der Waals surface area contributed by atoms with Crippen molar-refractivity contribution in [3.05, 3.63) is 23.8 Å². The number of nitrogens with zero attached hydrogens (tertiary/aromatic N) is 1. The van der Waals surface area contributed by atoms with E-state index in [9.17, 15) is 5.11 Å². The molecular weight excluding hydrogens is 282 g/mol. The van der Waals surface area contributed by atoms with Crippen LogP contribution < -0.4 is 9.47 Å². The smallest absolute Gasteiger partial charge is 0.231 e. The van der Waals surface area contributed by atoms with E-state index < -0.39 is 0 Å². The van der Waals surface area contributed by atoms with Crippen LogP contribution in [-0.4, -0.2) is 55.2 Å². The van der Waals surface area contributed by atoms with Crippen LogP contribution in [0.3, 0.4) is 0 Å². The molecule has 5 nitrogen and oxygen atoms in total. The van der Waals surface area contributed by atoms with Crippen molar-refractivity contribution < 1.29 is 19.3 Å². The largest absolute Gasteiger partial charge is 0.454 e. The molecular formula is C17H23NO4. The average molecular weight is 305 g/mol. The standard InChI is InChI=1S/C17H23NO4/c19-15-10-18(13-4-7-20-8-5-13)6-3-14(15)12-1-2-16-17(9-12)22-11-21-16/h1-2,9,13-15,19H,3-8,10-11H2/t14-,15+/m0/s1. The lowest BCUT2D eigenvalue weighted by Crippen LogP contribution is -2.49. The molecule has 0 aromatic heterocycles. The van der Waals surface area contributed by atoms with Gasteiger partial charge in [-0.3, -0.25) is 4.90 Å². The number of piperidine rings is 1. The monoisotopic (exact) mass is 305 g/mol. The summed E-state index contributed by atoms with van der Waals surface area (Å²) in [6.07, 6.45) is 2.83. The summed E-state index contributed by atoms with van der Waals surface area (Å²) in [5.41, 5.74) is 1.16. The Morgan fingerprint density at radius 3 is 2.68 bits per heavy atom. The quantitative estimate of drug-likeness (QED) is 0.902. The molecule has 2 saturated heterocycles. The van der Waals surface area contributed by atoms with Crippen LogP contribution in [0.2, 0.25) is 0 Å². The minimum absolute atomic E-state index is 0.186. The molecule has 0 aliphatic carbocycles. The van der Waals surface area contributed by atoms with E-state index in [4.69, 9.17) is 14.2 Å². The second-order valence-corrected chi connectivity index (χ2v) is 6.41. The number of hydrogen-bond acceptors (Lipinski definition) is 5. The van der Waals surface area contributed by atoms with Gasteiger partial charge in [0.15, 0.2) is 11.5 Å². The Morgan fingerprint density at radius 1 is 1.05 bits per heavy atom. The predicted octanol–water partition coefficient (Wildman–Crippen LogP) is 1.74. The first-order valence-corrected chi connectivity index (χ1v) is 8.20. The minimum Gasteiger partial charge on any atom is -0.454 e. The van der Waals surface area contributed by atoms with Gasteiger partial charge in [0.05, 0.1) is 6.10 Å². The van der Waals surface area contributed by atoms with Gasteiger partial charge >= 0.3 is 0 Å². The molecule has 0 unspecified atom stereocenters. The first kappa shape index (κ1) is 14.3. The molecule has 22 heavy (non-hydrogen) atoms. The van der Waals surface area contributed by atoms with Crippen molar-refractivity contribution in [1.82, 2.24) is 4.90 Å². The number of fused-ring (bicyclic) bond motifs is 1. The highest BCUT2D eigenvalue weighted by Crippen LogP contribution is 2.38. The van der Waals surface area contributed by atoms with Gasteiger partial charge in [-0.05, 0) is 43.5 Å². The second-order valence-electron chi connectivity index (χ2n) is 6.41. The molecule has 0 spiro atoms. The fraction of sp³-hybridized carbons (Fsp3) is 0.647. The summed E-state index contributed by atoms with van der Waals surface area (Å²) in [7, 11) is 0. The summed E-state index contributed by atoms with van der Waals surface area (Å²) in [4.78, 5) is 2.44. The molecule has 0 amide bonds. The van der Waals surface area contributed by atoms with Crippen molar-refractivity contribution in [2.75, 3.05) is 33.1 Å². The van der Waals surface area contributed by atoms with E-state index in [0.717, 1.165) is 62.6 Å². The average Bonchev–Trinajstić information content (AvgIpc) is 3.03. The summed E-state index contributed by atoms with van der Waals surface area (Å²) in [6.45, 7) is 3.79. The molecule has 3 aliphatic rings. The van der Waals surface area contributed by atoms with Crippen LogP contribution in [0.5, 0.6) is 11.5 Å². The number of β-amino-alcohol motifs (C(OH)–C–C–N with tert-alkyl or cyclic N) is 1. The van der Waals surface area contributed by atoms with Crippen LogP contribution in [0.25, 0.3) is 0 Å². The molecule has 2 fully saturated rings. The first-order chi connectivity index (χ1) is 10.8. The lowest BCUT2D eigenvalue weighted by molar-refractivity contribution is -0.0123. The highest BCUT2D eigenvalue weighted by Gasteiger charge is 2.33. The summed E-state index contributed by atoms with van der Waals surface area (Å²) in [5, 5.41) is 10.6. The Morgan fingerprint density at radius 2 is 1.86 bits per heavy atom. The van der Waals surface area contributed by atoms with Gasteiger partial charge in [0, 0.05) is 31.7 Å². The maximum absolute atomic E-state index is 10.6. The van der Waals surface area contributed by atoms with Crippen LogP contribution in [0, 0.1) is 0 Å². The van der Waals surface area contributed by atoms with Crippen molar-refractivity contribution in [3.8, 4) is 11.5 Å². The van der Waals surface area contributed by atoms with Gasteiger partial charge in [0.25, 0.3) is 0 Å². The summed E-state index contributed by atoms with van der Waals surface area (Å²) < 4.78 is 16.2. The van der Waals surface area contributed by atoms with Crippen LogP contribution in [0.4, 0.5) is 0 Å². The molecule has 1 aromatic carbocycles. The lowest BCUT2D eigenvalue weighted by Gasteiger charge is -2.41. The molecule has 1 N–H and O–H groups in total. The lowest BCUT2D eigenvalue weighted by atomic mass is 9.86. The van der Waals surface area contributed by atoms with Gasteiger partial charge in [-0.1, -0.05) is 6.07 Å². The molecule has 3 heterocycles. The van der Waals surface area contributed by atoms with E-state index in [1.165, 1.54) is 0 Å². The maximum atomic E-state index is 10.6. The molecule has 5 heteroatoms. The van der Waals surface area contributed by atoms with E-state index in [1.54, 1.807) is 0 Å². The second kappa shape index (κ2) is 6.07. The van der Waals surface area contributed by atoms with Gasteiger partial charge in [-0.25, -0.2) is 0 Å². The molecule has 0 bridgehead atoms. The highest BCUT2D eigenvalue weighted by atomic mass is 16.7. The van der Waals surface area contributed by atoms with Crippen LogP contribution in [0.15, 0.2) is 18.2 Å². The zero-order chi connectivity index (χ0) is 14.9. The highest BCUT2D eigenvalue weighted by molar-refractivity contribution is 5.45. The van der Waals surface area contributed by atoms with E-state index in [1.807, 2.05) is 12.1 Å². The predicted molar refractivity (Wildman–Crippen MR) is 81.3 cm³/mol. The van der Waals surface area contributed by atoms with E-state index in [-0.39, 0.29) is 12.0 Å². The van der Waals surface area contributed by atoms with Crippen LogP contribution in [-0.2, 0) is 4.74 Å². The Hall–Kier alpha value is -1.30. The number of hydrogen-bond donors (Lipinski definition) is 1. The summed E-state index contributed by atoms with van der Waals surface area (Å²) >= 11 is 0. The van der Waals surface area contributed by atoms with Gasteiger partial charge in [-0.15, -0.1) is 0 Å². The van der Waals surface area contributed by atoms with Crippen molar-refractivity contribution >= 4 is 0 Å². The van der Waals surface area contributed by atoms with E-state index in [2.05, 4.69) is 11.0 Å². The van der Waals surface area contributed by atoms with Crippen molar-refractivity contribution in [2.24, 2.45) is 0 Å². The third-order valence-electron chi connectivity index (χ3n) is 5.15. The van der Waals surface area contributed by atoms with Crippen LogP contribution in [0.1, 0.15) is 30.7 Å². The van der Waals surface area contributed by atoms with Crippen molar-refractivity contribution in [2.45, 2.75) is 37.3 Å². The van der Waals surface area contributed by atoms with Gasteiger partial charge in [0.1, 0.15) is 0 Å². The third kappa shape index (κ3) is 2.69. The van der Waals surface area contributed by atoms with Gasteiger partial charge in [-0.2, -0.15) is 0 Å². The summed E-state index contributed by atoms with van der Waals surface area (Å²) in [5.74, 6) is 1.79. The topological polar surface area (TPSA) is 51.2 Å². The molecule has 1 aromatic rings. The first-order valence-electron chi connectivity index (χ1n) is 8.20.